The molecule has 4 rings (SSSR count). The van der Waals surface area contributed by atoms with E-state index in [4.69, 9.17) is 0 Å². The quantitative estimate of drug-likeness (QED) is 0.538. The van der Waals surface area contributed by atoms with Crippen LogP contribution in [0.4, 0.5) is 5.69 Å². The van der Waals surface area contributed by atoms with Crippen LogP contribution in [-0.4, -0.2) is 21.1 Å². The number of aromatic nitrogens is 3. The van der Waals surface area contributed by atoms with Crippen molar-refractivity contribution in [2.45, 2.75) is 0 Å². The van der Waals surface area contributed by atoms with Crippen LogP contribution in [0, 0.1) is 0 Å². The first-order valence-corrected chi connectivity index (χ1v) is 7.29. The lowest BCUT2D eigenvalue weighted by Gasteiger charge is -2.04. The van der Waals surface area contributed by atoms with Crippen molar-refractivity contribution in [1.29, 1.82) is 0 Å². The Morgan fingerprint density at radius 2 is 1.78 bits per heavy atom. The molecule has 0 saturated carbocycles. The molecule has 0 unspecified atom stereocenters. The number of hydrogen-bond donors (Lipinski definition) is 3. The summed E-state index contributed by atoms with van der Waals surface area (Å²) in [5.41, 5.74) is 3.93. The molecule has 2 aromatic carbocycles. The van der Waals surface area contributed by atoms with E-state index in [2.05, 4.69) is 20.5 Å². The van der Waals surface area contributed by atoms with E-state index >= 15 is 0 Å². The largest absolute Gasteiger partial charge is 0.353 e. The van der Waals surface area contributed by atoms with Gasteiger partial charge in [-0.25, -0.2) is 0 Å². The van der Waals surface area contributed by atoms with Crippen molar-refractivity contribution >= 4 is 22.5 Å². The third-order valence-electron chi connectivity index (χ3n) is 3.72. The molecule has 0 aliphatic carbocycles. The third-order valence-corrected chi connectivity index (χ3v) is 3.72. The monoisotopic (exact) mass is 302 g/mol. The number of fused-ring (bicyclic) bond motifs is 1. The maximum Gasteiger partial charge on any atom is 0.255 e. The smallest absolute Gasteiger partial charge is 0.255 e. The minimum absolute atomic E-state index is 0.163. The second kappa shape index (κ2) is 5.46. The molecule has 0 aliphatic heterocycles. The number of rotatable bonds is 3. The number of H-pyrrole nitrogens is 2. The summed E-state index contributed by atoms with van der Waals surface area (Å²) in [7, 11) is 0. The highest BCUT2D eigenvalue weighted by atomic mass is 16.1. The molecule has 112 valence electrons. The topological polar surface area (TPSA) is 73.6 Å². The van der Waals surface area contributed by atoms with E-state index in [0.29, 0.717) is 11.3 Å². The number of carbonyl (C=O) groups excluding carboxylic acids is 1. The Bertz CT molecular complexity index is 936. The van der Waals surface area contributed by atoms with Crippen molar-refractivity contribution in [3.05, 3.63) is 72.4 Å². The lowest BCUT2D eigenvalue weighted by molar-refractivity contribution is 0.102. The Morgan fingerprint density at radius 1 is 1.00 bits per heavy atom. The van der Waals surface area contributed by atoms with E-state index in [1.165, 1.54) is 0 Å². The third kappa shape index (κ3) is 2.48. The summed E-state index contributed by atoms with van der Waals surface area (Å²) in [6, 6.07) is 19.2. The van der Waals surface area contributed by atoms with E-state index in [-0.39, 0.29) is 5.91 Å². The molecular formula is C18H14N4O. The summed E-state index contributed by atoms with van der Waals surface area (Å²) in [5, 5.41) is 11.0. The number of aromatic amines is 2. The molecule has 0 radical (unpaired) electrons. The zero-order valence-corrected chi connectivity index (χ0v) is 12.2. The summed E-state index contributed by atoms with van der Waals surface area (Å²) >= 11 is 0. The number of anilines is 1. The van der Waals surface area contributed by atoms with Crippen LogP contribution in [0.15, 0.2) is 66.9 Å². The number of nitrogens with zero attached hydrogens (tertiary/aromatic N) is 1. The van der Waals surface area contributed by atoms with Crippen molar-refractivity contribution in [3.63, 3.8) is 0 Å². The summed E-state index contributed by atoms with van der Waals surface area (Å²) in [5.74, 6) is -0.163. The molecule has 5 heteroatoms. The Hall–Kier alpha value is -3.34. The average Bonchev–Trinajstić information content (AvgIpc) is 3.21. The SMILES string of the molecule is O=C(Nc1cn[nH]c1-c1cc2ccccc2[nH]1)c1ccccc1. The highest BCUT2D eigenvalue weighted by Crippen LogP contribution is 2.28. The Morgan fingerprint density at radius 3 is 2.61 bits per heavy atom. The predicted octanol–water partition coefficient (Wildman–Crippen LogP) is 3.81. The fourth-order valence-electron chi connectivity index (χ4n) is 2.58. The number of benzene rings is 2. The van der Waals surface area contributed by atoms with Gasteiger partial charge in [0.25, 0.3) is 5.91 Å². The van der Waals surface area contributed by atoms with Crippen molar-refractivity contribution < 1.29 is 4.79 Å². The molecule has 2 aromatic heterocycles. The molecule has 3 N–H and O–H groups in total. The van der Waals surface area contributed by atoms with Gasteiger partial charge in [-0.15, -0.1) is 0 Å². The van der Waals surface area contributed by atoms with Crippen LogP contribution in [0.25, 0.3) is 22.3 Å². The van der Waals surface area contributed by atoms with Gasteiger partial charge in [-0.05, 0) is 24.3 Å². The fraction of sp³-hybridized carbons (Fsp3) is 0. The average molecular weight is 302 g/mol. The zero-order chi connectivity index (χ0) is 15.6. The van der Waals surface area contributed by atoms with Crippen LogP contribution in [0.3, 0.4) is 0 Å². The molecule has 1 amide bonds. The molecule has 4 aromatic rings. The first-order chi connectivity index (χ1) is 11.3. The summed E-state index contributed by atoms with van der Waals surface area (Å²) in [6.07, 6.45) is 1.61. The molecule has 2 heterocycles. The van der Waals surface area contributed by atoms with E-state index in [9.17, 15) is 4.79 Å². The molecule has 0 atom stereocenters. The molecule has 0 fully saturated rings. The lowest BCUT2D eigenvalue weighted by Crippen LogP contribution is -2.11. The second-order valence-corrected chi connectivity index (χ2v) is 5.25. The van der Waals surface area contributed by atoms with Crippen molar-refractivity contribution in [2.24, 2.45) is 0 Å². The maximum atomic E-state index is 12.3. The van der Waals surface area contributed by atoms with E-state index in [1.54, 1.807) is 18.3 Å². The number of carbonyl (C=O) groups is 1. The van der Waals surface area contributed by atoms with Crippen LogP contribution >= 0.6 is 0 Å². The van der Waals surface area contributed by atoms with Crippen molar-refractivity contribution in [1.82, 2.24) is 15.2 Å². The zero-order valence-electron chi connectivity index (χ0n) is 12.2. The van der Waals surface area contributed by atoms with Gasteiger partial charge in [-0.1, -0.05) is 36.4 Å². The van der Waals surface area contributed by atoms with Crippen LogP contribution in [0.2, 0.25) is 0 Å². The van der Waals surface area contributed by atoms with Crippen LogP contribution < -0.4 is 5.32 Å². The Kier molecular flexibility index (Phi) is 3.16. The van der Waals surface area contributed by atoms with E-state index < -0.39 is 0 Å². The number of nitrogens with one attached hydrogen (secondary N) is 3. The maximum absolute atomic E-state index is 12.3. The lowest BCUT2D eigenvalue weighted by atomic mass is 10.2. The van der Waals surface area contributed by atoms with Gasteiger partial charge < -0.3 is 10.3 Å². The van der Waals surface area contributed by atoms with Gasteiger partial charge in [0, 0.05) is 16.5 Å². The van der Waals surface area contributed by atoms with Gasteiger partial charge in [-0.2, -0.15) is 5.10 Å². The van der Waals surface area contributed by atoms with Crippen molar-refractivity contribution in [3.8, 4) is 11.4 Å². The highest BCUT2D eigenvalue weighted by molar-refractivity contribution is 6.06. The second-order valence-electron chi connectivity index (χ2n) is 5.25. The minimum atomic E-state index is -0.163. The van der Waals surface area contributed by atoms with Crippen LogP contribution in [0.1, 0.15) is 10.4 Å². The minimum Gasteiger partial charge on any atom is -0.353 e. The fourth-order valence-corrected chi connectivity index (χ4v) is 2.58. The number of hydrogen-bond acceptors (Lipinski definition) is 2. The van der Waals surface area contributed by atoms with Gasteiger partial charge in [0.1, 0.15) is 5.69 Å². The van der Waals surface area contributed by atoms with Crippen LogP contribution in [-0.2, 0) is 0 Å². The predicted molar refractivity (Wildman–Crippen MR) is 90.3 cm³/mol. The standard InChI is InChI=1S/C18H14N4O/c23-18(12-6-2-1-3-7-12)21-16-11-19-22-17(16)15-10-13-8-4-5-9-14(13)20-15/h1-11,20H,(H,19,22)(H,21,23). The molecule has 0 saturated heterocycles. The number of para-hydroxylation sites is 1. The molecule has 0 spiro atoms. The highest BCUT2D eigenvalue weighted by Gasteiger charge is 2.13. The van der Waals surface area contributed by atoms with Gasteiger partial charge in [0.15, 0.2) is 0 Å². The molecule has 5 nitrogen and oxygen atoms in total. The molecule has 23 heavy (non-hydrogen) atoms. The van der Waals surface area contributed by atoms with Gasteiger partial charge >= 0.3 is 0 Å². The molecular weight excluding hydrogens is 288 g/mol. The van der Waals surface area contributed by atoms with Crippen molar-refractivity contribution in [2.75, 3.05) is 5.32 Å². The summed E-state index contributed by atoms with van der Waals surface area (Å²) in [4.78, 5) is 15.6. The van der Waals surface area contributed by atoms with E-state index in [0.717, 1.165) is 22.3 Å². The van der Waals surface area contributed by atoms with Gasteiger partial charge in [-0.3, -0.25) is 9.89 Å². The first-order valence-electron chi connectivity index (χ1n) is 7.29. The summed E-state index contributed by atoms with van der Waals surface area (Å²) < 4.78 is 0. The van der Waals surface area contributed by atoms with Crippen LogP contribution in [0.5, 0.6) is 0 Å². The molecule has 0 aliphatic rings. The van der Waals surface area contributed by atoms with E-state index in [1.807, 2.05) is 48.5 Å². The Labute approximate surface area is 132 Å². The summed E-state index contributed by atoms with van der Waals surface area (Å²) in [6.45, 7) is 0. The number of amides is 1. The Balaban J connectivity index is 1.67. The van der Waals surface area contributed by atoms with Gasteiger partial charge in [0.2, 0.25) is 0 Å². The molecule has 0 bridgehead atoms. The first kappa shape index (κ1) is 13.3. The normalized spacial score (nSPS) is 10.8. The van der Waals surface area contributed by atoms with Gasteiger partial charge in [0.05, 0.1) is 17.6 Å².